The second-order valence-corrected chi connectivity index (χ2v) is 6.87. The van der Waals surface area contributed by atoms with Crippen molar-refractivity contribution in [3.8, 4) is 0 Å². The van der Waals surface area contributed by atoms with Gasteiger partial charge in [0.1, 0.15) is 6.10 Å². The summed E-state index contributed by atoms with van der Waals surface area (Å²) in [4.78, 5) is 14.5. The number of likely N-dealkylation sites (tertiary alicyclic amines) is 1. The van der Waals surface area contributed by atoms with E-state index in [1.807, 2.05) is 0 Å². The second-order valence-electron chi connectivity index (χ2n) is 6.87. The minimum Gasteiger partial charge on any atom is -0.458 e. The number of carbonyl (C=O) groups excluding carboxylic acids is 1. The highest BCUT2D eigenvalue weighted by atomic mass is 35.5. The third-order valence-corrected chi connectivity index (χ3v) is 5.15. The molecule has 0 unspecified atom stereocenters. The lowest BCUT2D eigenvalue weighted by Crippen LogP contribution is -2.45. The number of ether oxygens (including phenoxy) is 1. The lowest BCUT2D eigenvalue weighted by molar-refractivity contribution is -0.179. The predicted molar refractivity (Wildman–Crippen MR) is 94.7 cm³/mol. The Morgan fingerprint density at radius 3 is 2.58 bits per heavy atom. The average Bonchev–Trinajstić information content (AvgIpc) is 3.20. The molecule has 0 amide bonds. The van der Waals surface area contributed by atoms with Crippen LogP contribution in [0.1, 0.15) is 31.2 Å². The van der Waals surface area contributed by atoms with E-state index < -0.39 is 35.9 Å². The largest absolute Gasteiger partial charge is 0.458 e. The van der Waals surface area contributed by atoms with Gasteiger partial charge in [-0.05, 0) is 12.0 Å². The summed E-state index contributed by atoms with van der Waals surface area (Å²) in [5.74, 6) is -4.64. The van der Waals surface area contributed by atoms with Gasteiger partial charge < -0.3 is 14.7 Å². The maximum atomic E-state index is 13.7. The highest BCUT2D eigenvalue weighted by Crippen LogP contribution is 2.48. The smallest absolute Gasteiger partial charge is 0.343 e. The van der Waals surface area contributed by atoms with Crippen molar-refractivity contribution in [1.29, 1.82) is 5.41 Å². The Balaban J connectivity index is 0.00000243. The van der Waals surface area contributed by atoms with E-state index in [1.165, 1.54) is 6.34 Å². The van der Waals surface area contributed by atoms with Crippen LogP contribution in [0.15, 0.2) is 30.3 Å². The van der Waals surface area contributed by atoms with Crippen LogP contribution < -0.4 is 0 Å². The lowest BCUT2D eigenvalue weighted by atomic mass is 9.80. The van der Waals surface area contributed by atoms with Crippen LogP contribution in [0.25, 0.3) is 0 Å². The van der Waals surface area contributed by atoms with Gasteiger partial charge in [0.2, 0.25) is 5.92 Å². The fourth-order valence-electron chi connectivity index (χ4n) is 3.73. The number of carbonyl (C=O) groups is 1. The van der Waals surface area contributed by atoms with Crippen LogP contribution in [0.2, 0.25) is 0 Å². The molecule has 1 saturated heterocycles. The number of esters is 1. The Morgan fingerprint density at radius 2 is 2.04 bits per heavy atom. The number of aliphatic hydroxyl groups is 1. The molecular formula is C18H23ClF2N2O3. The number of halogens is 3. The van der Waals surface area contributed by atoms with Gasteiger partial charge in [-0.15, -0.1) is 12.4 Å². The van der Waals surface area contributed by atoms with Crippen molar-refractivity contribution in [1.82, 2.24) is 4.90 Å². The number of nitrogens with one attached hydrogen (secondary N) is 1. The van der Waals surface area contributed by atoms with Gasteiger partial charge in [-0.1, -0.05) is 30.3 Å². The van der Waals surface area contributed by atoms with Gasteiger partial charge >= 0.3 is 5.97 Å². The zero-order chi connectivity index (χ0) is 18.1. The van der Waals surface area contributed by atoms with Crippen LogP contribution in [-0.4, -0.2) is 47.4 Å². The number of benzene rings is 1. The molecule has 1 heterocycles. The summed E-state index contributed by atoms with van der Waals surface area (Å²) in [6.07, 6.45) is 0.452. The molecule has 0 radical (unpaired) electrons. The molecule has 1 saturated carbocycles. The molecule has 1 aromatic rings. The third-order valence-electron chi connectivity index (χ3n) is 5.15. The lowest BCUT2D eigenvalue weighted by Gasteiger charge is -2.33. The zero-order valence-corrected chi connectivity index (χ0v) is 15.1. The van der Waals surface area contributed by atoms with Crippen LogP contribution in [-0.2, 0) is 15.1 Å². The molecule has 144 valence electrons. The van der Waals surface area contributed by atoms with Gasteiger partial charge in [-0.3, -0.25) is 5.41 Å². The summed E-state index contributed by atoms with van der Waals surface area (Å²) >= 11 is 0. The molecular weight excluding hydrogens is 366 g/mol. The minimum absolute atomic E-state index is 0. The first-order valence-electron chi connectivity index (χ1n) is 8.46. The predicted octanol–water partition coefficient (Wildman–Crippen LogP) is 2.96. The van der Waals surface area contributed by atoms with E-state index in [0.717, 1.165) is 0 Å². The van der Waals surface area contributed by atoms with Crippen LogP contribution in [0.3, 0.4) is 0 Å². The molecule has 5 nitrogen and oxygen atoms in total. The first-order valence-corrected chi connectivity index (χ1v) is 8.46. The van der Waals surface area contributed by atoms with Crippen molar-refractivity contribution >= 4 is 24.7 Å². The van der Waals surface area contributed by atoms with Gasteiger partial charge in [-0.25, -0.2) is 13.6 Å². The first kappa shape index (κ1) is 20.6. The van der Waals surface area contributed by atoms with E-state index in [2.05, 4.69) is 0 Å². The summed E-state index contributed by atoms with van der Waals surface area (Å²) in [7, 11) is 0. The molecule has 1 aromatic carbocycles. The summed E-state index contributed by atoms with van der Waals surface area (Å²) in [6, 6.07) is 8.18. The average molecular weight is 389 g/mol. The zero-order valence-electron chi connectivity index (χ0n) is 14.2. The molecule has 0 bridgehead atoms. The molecule has 8 heteroatoms. The Morgan fingerprint density at radius 1 is 1.35 bits per heavy atom. The van der Waals surface area contributed by atoms with Crippen molar-refractivity contribution in [2.75, 3.05) is 13.1 Å². The molecule has 3 rings (SSSR count). The highest BCUT2D eigenvalue weighted by Gasteiger charge is 2.54. The Hall–Kier alpha value is -1.73. The van der Waals surface area contributed by atoms with Crippen LogP contribution in [0.4, 0.5) is 8.78 Å². The molecule has 2 fully saturated rings. The van der Waals surface area contributed by atoms with Gasteiger partial charge in [-0.2, -0.15) is 0 Å². The SMILES string of the molecule is Cl.N=CN1CC[C@@H](OC(=O)[C@](O)(c2ccccc2)[C@@H]2CCC(F)(F)C2)C1. The van der Waals surface area contributed by atoms with Crippen molar-refractivity contribution in [2.45, 2.75) is 43.3 Å². The Labute approximate surface area is 157 Å². The number of alkyl halides is 2. The summed E-state index contributed by atoms with van der Waals surface area (Å²) in [6.45, 7) is 0.966. The highest BCUT2D eigenvalue weighted by molar-refractivity contribution is 5.85. The Bertz CT molecular complexity index is 647. The van der Waals surface area contributed by atoms with E-state index in [0.29, 0.717) is 19.5 Å². The van der Waals surface area contributed by atoms with Crippen molar-refractivity contribution in [3.05, 3.63) is 35.9 Å². The molecule has 0 aromatic heterocycles. The minimum atomic E-state index is -2.88. The number of hydrogen-bond acceptors (Lipinski definition) is 4. The molecule has 3 atom stereocenters. The standard InChI is InChI=1S/C18H22F2N2O3.ClH/c19-17(20)8-6-14(10-17)18(24,13-4-2-1-3-5-13)16(23)25-15-7-9-22(11-15)12-21;/h1-5,12,14-15,21,24H,6-11H2;1H/t14-,15-,18+;/m1./s1. The maximum absolute atomic E-state index is 13.7. The molecule has 26 heavy (non-hydrogen) atoms. The van der Waals surface area contributed by atoms with Crippen LogP contribution >= 0.6 is 12.4 Å². The van der Waals surface area contributed by atoms with Crippen molar-refractivity contribution in [3.63, 3.8) is 0 Å². The third kappa shape index (κ3) is 3.99. The topological polar surface area (TPSA) is 73.6 Å². The van der Waals surface area contributed by atoms with Crippen molar-refractivity contribution < 1.29 is 23.4 Å². The molecule has 2 N–H and O–H groups in total. The fourth-order valence-corrected chi connectivity index (χ4v) is 3.73. The normalized spacial score (nSPS) is 26.7. The number of nitrogens with zero attached hydrogens (tertiary/aromatic N) is 1. The summed E-state index contributed by atoms with van der Waals surface area (Å²) < 4.78 is 32.9. The molecule has 1 aliphatic carbocycles. The van der Waals surface area contributed by atoms with Crippen LogP contribution in [0, 0.1) is 11.3 Å². The van der Waals surface area contributed by atoms with Crippen molar-refractivity contribution in [2.24, 2.45) is 5.92 Å². The first-order chi connectivity index (χ1) is 11.8. The molecule has 0 spiro atoms. The van der Waals surface area contributed by atoms with Gasteiger partial charge in [0.25, 0.3) is 0 Å². The van der Waals surface area contributed by atoms with E-state index >= 15 is 0 Å². The molecule has 2 aliphatic rings. The fraction of sp³-hybridized carbons (Fsp3) is 0.556. The van der Waals surface area contributed by atoms with E-state index in [1.54, 1.807) is 35.2 Å². The van der Waals surface area contributed by atoms with E-state index in [4.69, 9.17) is 10.1 Å². The Kier molecular flexibility index (Phi) is 6.24. The summed E-state index contributed by atoms with van der Waals surface area (Å²) in [5.41, 5.74) is -1.80. The quantitative estimate of drug-likeness (QED) is 0.462. The van der Waals surface area contributed by atoms with Gasteiger partial charge in [0.15, 0.2) is 5.60 Å². The monoisotopic (exact) mass is 388 g/mol. The van der Waals surface area contributed by atoms with Gasteiger partial charge in [0, 0.05) is 31.7 Å². The van der Waals surface area contributed by atoms with Gasteiger partial charge in [0.05, 0.1) is 12.9 Å². The second kappa shape index (κ2) is 7.88. The number of rotatable bonds is 5. The molecule has 1 aliphatic heterocycles. The number of hydrogen-bond donors (Lipinski definition) is 2. The maximum Gasteiger partial charge on any atom is 0.343 e. The van der Waals surface area contributed by atoms with Crippen LogP contribution in [0.5, 0.6) is 0 Å². The van der Waals surface area contributed by atoms with E-state index in [-0.39, 0.29) is 30.8 Å². The summed E-state index contributed by atoms with van der Waals surface area (Å²) in [5, 5.41) is 18.4. The van der Waals surface area contributed by atoms with E-state index in [9.17, 15) is 18.7 Å².